The standard InChI is InChI=1S/C15H22N7O3S/c1-26(3-2-8(17)4-16)5-9-11(23)12(24)15(25-9)22-7-21-10-13(18)19-6-20-14(10)22/h6-9,11-12,15,23-24H,2-3,5,17H2,1H3,(H2,18,19,20)/q+1/t8?,9-,11-,12-,15-,26?/m1/s1. The first-order valence-corrected chi connectivity index (χ1v) is 10.1. The molecule has 0 aliphatic carbocycles. The van der Waals surface area contributed by atoms with Gasteiger partial charge >= 0.3 is 0 Å². The van der Waals surface area contributed by atoms with E-state index in [1.807, 2.05) is 12.3 Å². The molecule has 0 spiro atoms. The molecule has 140 valence electrons. The first-order valence-electron chi connectivity index (χ1n) is 8.11. The van der Waals surface area contributed by atoms with Gasteiger partial charge in [-0.25, -0.2) is 15.0 Å². The lowest BCUT2D eigenvalue weighted by Gasteiger charge is -2.16. The molecule has 1 aliphatic rings. The van der Waals surface area contributed by atoms with Crippen LogP contribution in [-0.2, 0) is 15.6 Å². The van der Waals surface area contributed by atoms with Crippen LogP contribution in [0.25, 0.3) is 11.2 Å². The predicted octanol–water partition coefficient (Wildman–Crippen LogP) is -1.48. The zero-order chi connectivity index (χ0) is 18.8. The highest BCUT2D eigenvalue weighted by Gasteiger charge is 2.46. The third-order valence-corrected chi connectivity index (χ3v) is 6.22. The molecule has 0 amide bonds. The summed E-state index contributed by atoms with van der Waals surface area (Å²) in [7, 11) is -0.108. The number of imidazole rings is 1. The van der Waals surface area contributed by atoms with Gasteiger partial charge in [0, 0.05) is 6.42 Å². The number of hydrogen-bond donors (Lipinski definition) is 4. The molecule has 0 aromatic carbocycles. The van der Waals surface area contributed by atoms with Crippen molar-refractivity contribution >= 4 is 27.9 Å². The number of anilines is 1. The van der Waals surface area contributed by atoms with Crippen molar-refractivity contribution in [1.82, 2.24) is 19.5 Å². The Labute approximate surface area is 153 Å². The van der Waals surface area contributed by atoms with Crippen LogP contribution in [0.4, 0.5) is 5.82 Å². The van der Waals surface area contributed by atoms with Crippen LogP contribution in [0.1, 0.15) is 12.6 Å². The maximum Gasteiger partial charge on any atom is 0.167 e. The fourth-order valence-electron chi connectivity index (χ4n) is 2.91. The quantitative estimate of drug-likeness (QED) is 0.436. The Bertz CT molecular complexity index is 810. The molecule has 1 aliphatic heterocycles. The molecule has 1 fully saturated rings. The van der Waals surface area contributed by atoms with Crippen molar-refractivity contribution in [2.75, 3.05) is 23.5 Å². The zero-order valence-corrected chi connectivity index (χ0v) is 15.1. The maximum absolute atomic E-state index is 10.4. The number of nitriles is 1. The first kappa shape index (κ1) is 18.8. The summed E-state index contributed by atoms with van der Waals surface area (Å²) in [6, 6.07) is 1.52. The third kappa shape index (κ3) is 3.60. The number of nitrogen functional groups attached to an aromatic ring is 1. The van der Waals surface area contributed by atoms with E-state index >= 15 is 0 Å². The molecule has 2 aromatic rings. The van der Waals surface area contributed by atoms with Crippen LogP contribution in [0, 0.1) is 11.3 Å². The minimum atomic E-state index is -1.12. The third-order valence-electron chi connectivity index (χ3n) is 4.39. The highest BCUT2D eigenvalue weighted by atomic mass is 32.2. The number of ether oxygens (including phenoxy) is 1. The van der Waals surface area contributed by atoms with Gasteiger partial charge in [0.05, 0.1) is 24.7 Å². The van der Waals surface area contributed by atoms with E-state index in [-0.39, 0.29) is 16.7 Å². The average molecular weight is 380 g/mol. The second kappa shape index (κ2) is 7.73. The highest BCUT2D eigenvalue weighted by molar-refractivity contribution is 7.96. The lowest BCUT2D eigenvalue weighted by molar-refractivity contribution is -0.0290. The minimum Gasteiger partial charge on any atom is -0.387 e. The molecule has 0 radical (unpaired) electrons. The number of fused-ring (bicyclic) bond motifs is 1. The van der Waals surface area contributed by atoms with E-state index in [0.29, 0.717) is 23.3 Å². The number of hydrogen-bond acceptors (Lipinski definition) is 9. The Morgan fingerprint density at radius 2 is 2.15 bits per heavy atom. The molecule has 1 saturated heterocycles. The molecule has 3 rings (SSSR count). The van der Waals surface area contributed by atoms with E-state index in [4.69, 9.17) is 21.5 Å². The van der Waals surface area contributed by atoms with Crippen molar-refractivity contribution in [2.24, 2.45) is 5.73 Å². The average Bonchev–Trinajstić information content (AvgIpc) is 3.17. The lowest BCUT2D eigenvalue weighted by atomic mass is 10.1. The minimum absolute atomic E-state index is 0.108. The number of aliphatic hydroxyl groups is 2. The summed E-state index contributed by atoms with van der Waals surface area (Å²) in [5.74, 6) is 1.57. The molecule has 0 bridgehead atoms. The second-order valence-corrected chi connectivity index (χ2v) is 8.61. The van der Waals surface area contributed by atoms with Gasteiger partial charge < -0.3 is 26.4 Å². The summed E-state index contributed by atoms with van der Waals surface area (Å²) in [6.45, 7) is 0. The fraction of sp³-hybridized carbons (Fsp3) is 0.600. The fourth-order valence-corrected chi connectivity index (χ4v) is 4.57. The van der Waals surface area contributed by atoms with Crippen molar-refractivity contribution in [3.63, 3.8) is 0 Å². The van der Waals surface area contributed by atoms with E-state index in [0.717, 1.165) is 5.75 Å². The number of nitrogens with zero attached hydrogens (tertiary/aromatic N) is 5. The van der Waals surface area contributed by atoms with Crippen molar-refractivity contribution in [1.29, 1.82) is 5.26 Å². The molecule has 2 aromatic heterocycles. The van der Waals surface area contributed by atoms with E-state index in [9.17, 15) is 10.2 Å². The van der Waals surface area contributed by atoms with Crippen molar-refractivity contribution in [3.8, 4) is 6.07 Å². The Balaban J connectivity index is 1.71. The number of aromatic nitrogens is 4. The topological polar surface area (TPSA) is 169 Å². The number of aliphatic hydroxyl groups excluding tert-OH is 2. The summed E-state index contributed by atoms with van der Waals surface area (Å²) in [6.07, 6.45) is 1.91. The smallest absolute Gasteiger partial charge is 0.167 e. The molecule has 26 heavy (non-hydrogen) atoms. The molecule has 3 heterocycles. The van der Waals surface area contributed by atoms with Crippen LogP contribution in [0.3, 0.4) is 0 Å². The van der Waals surface area contributed by atoms with Gasteiger partial charge in [-0.05, 0) is 10.9 Å². The predicted molar refractivity (Wildman–Crippen MR) is 96.9 cm³/mol. The Hall–Kier alpha value is -1.97. The van der Waals surface area contributed by atoms with Gasteiger partial charge in [-0.3, -0.25) is 4.57 Å². The van der Waals surface area contributed by atoms with Crippen molar-refractivity contribution in [2.45, 2.75) is 37.0 Å². The molecular weight excluding hydrogens is 358 g/mol. The van der Waals surface area contributed by atoms with Crippen LogP contribution < -0.4 is 11.5 Å². The van der Waals surface area contributed by atoms with E-state index in [1.165, 1.54) is 12.7 Å². The molecule has 2 unspecified atom stereocenters. The van der Waals surface area contributed by atoms with Gasteiger partial charge in [0.2, 0.25) is 0 Å². The Morgan fingerprint density at radius 3 is 2.88 bits per heavy atom. The molecule has 0 saturated carbocycles. The van der Waals surface area contributed by atoms with Crippen LogP contribution in [0.5, 0.6) is 0 Å². The van der Waals surface area contributed by atoms with E-state index in [2.05, 4.69) is 15.0 Å². The van der Waals surface area contributed by atoms with Gasteiger partial charge in [0.15, 0.2) is 17.7 Å². The largest absolute Gasteiger partial charge is 0.387 e. The van der Waals surface area contributed by atoms with Crippen LogP contribution in [-0.4, -0.2) is 71.8 Å². The van der Waals surface area contributed by atoms with Gasteiger partial charge in [0.25, 0.3) is 0 Å². The molecule has 6 N–H and O–H groups in total. The second-order valence-electron chi connectivity index (χ2n) is 6.31. The molecule has 6 atom stereocenters. The lowest BCUT2D eigenvalue weighted by Crippen LogP contribution is -2.36. The number of rotatable bonds is 6. The highest BCUT2D eigenvalue weighted by Crippen LogP contribution is 2.32. The summed E-state index contributed by atoms with van der Waals surface area (Å²) in [5, 5.41) is 29.6. The first-order chi connectivity index (χ1) is 12.4. The Kier molecular flexibility index (Phi) is 5.59. The van der Waals surface area contributed by atoms with Crippen LogP contribution in [0.2, 0.25) is 0 Å². The molecule has 11 heteroatoms. The van der Waals surface area contributed by atoms with E-state index < -0.39 is 30.6 Å². The summed E-state index contributed by atoms with van der Waals surface area (Å²) in [5.41, 5.74) is 12.3. The summed E-state index contributed by atoms with van der Waals surface area (Å²) in [4.78, 5) is 12.2. The maximum atomic E-state index is 10.4. The SMILES string of the molecule is C[S+](CCC(N)C#N)C[C@H]1O[C@@H](n2cnc3c(N)ncnc32)[C@H](O)[C@@H]1O. The summed E-state index contributed by atoms with van der Waals surface area (Å²) >= 11 is 0. The normalized spacial score (nSPS) is 28.1. The zero-order valence-electron chi connectivity index (χ0n) is 14.3. The Morgan fingerprint density at radius 1 is 1.38 bits per heavy atom. The van der Waals surface area contributed by atoms with E-state index in [1.54, 1.807) is 4.57 Å². The van der Waals surface area contributed by atoms with Crippen molar-refractivity contribution < 1.29 is 14.9 Å². The monoisotopic (exact) mass is 380 g/mol. The van der Waals surface area contributed by atoms with Gasteiger partial charge in [-0.1, -0.05) is 0 Å². The van der Waals surface area contributed by atoms with Gasteiger partial charge in [0.1, 0.15) is 41.7 Å². The van der Waals surface area contributed by atoms with Gasteiger partial charge in [-0.15, -0.1) is 0 Å². The number of nitrogens with two attached hydrogens (primary N) is 2. The van der Waals surface area contributed by atoms with Crippen LogP contribution >= 0.6 is 0 Å². The van der Waals surface area contributed by atoms with Crippen molar-refractivity contribution in [3.05, 3.63) is 12.7 Å². The summed E-state index contributed by atoms with van der Waals surface area (Å²) < 4.78 is 7.47. The van der Waals surface area contributed by atoms with Gasteiger partial charge in [-0.2, -0.15) is 5.26 Å². The molecular formula is C15H22N7O3S+. The molecule has 10 nitrogen and oxygen atoms in total. The van der Waals surface area contributed by atoms with Crippen LogP contribution in [0.15, 0.2) is 12.7 Å².